The van der Waals surface area contributed by atoms with Crippen molar-refractivity contribution in [2.75, 3.05) is 42.6 Å². The minimum Gasteiger partial charge on any atom is -0.378 e. The molecule has 0 unspecified atom stereocenters. The fraction of sp³-hybridized carbons (Fsp3) is 0.273. The second-order valence-corrected chi connectivity index (χ2v) is 7.08. The third-order valence-electron chi connectivity index (χ3n) is 5.35. The van der Waals surface area contributed by atoms with E-state index in [1.807, 2.05) is 36.5 Å². The van der Waals surface area contributed by atoms with Gasteiger partial charge in [-0.3, -0.25) is 4.98 Å². The van der Waals surface area contributed by atoms with Crippen molar-refractivity contribution in [1.82, 2.24) is 15.0 Å². The van der Waals surface area contributed by atoms with Crippen LogP contribution in [-0.2, 0) is 11.2 Å². The zero-order valence-corrected chi connectivity index (χ0v) is 16.0. The topological polar surface area (TPSA) is 78.2 Å². The van der Waals surface area contributed by atoms with Crippen molar-refractivity contribution in [3.8, 4) is 17.3 Å². The second kappa shape index (κ2) is 7.49. The Kier molecular flexibility index (Phi) is 4.54. The van der Waals surface area contributed by atoms with Crippen molar-refractivity contribution >= 4 is 17.5 Å². The lowest BCUT2D eigenvalue weighted by Gasteiger charge is -2.28. The molecule has 29 heavy (non-hydrogen) atoms. The van der Waals surface area contributed by atoms with Gasteiger partial charge in [0.05, 0.1) is 42.4 Å². The van der Waals surface area contributed by atoms with Crippen LogP contribution in [0, 0.1) is 11.3 Å². The Morgan fingerprint density at radius 3 is 2.55 bits per heavy atom. The predicted molar refractivity (Wildman–Crippen MR) is 110 cm³/mol. The summed E-state index contributed by atoms with van der Waals surface area (Å²) >= 11 is 0. The highest BCUT2D eigenvalue weighted by Gasteiger charge is 2.29. The first-order valence-electron chi connectivity index (χ1n) is 9.75. The molecule has 0 N–H and O–H groups in total. The van der Waals surface area contributed by atoms with Crippen LogP contribution in [0.1, 0.15) is 11.1 Å². The monoisotopic (exact) mass is 384 g/mol. The summed E-state index contributed by atoms with van der Waals surface area (Å²) in [7, 11) is 0. The molecule has 4 heterocycles. The van der Waals surface area contributed by atoms with Crippen LogP contribution in [0.2, 0.25) is 0 Å². The molecule has 2 aliphatic heterocycles. The summed E-state index contributed by atoms with van der Waals surface area (Å²) < 4.78 is 5.50. The quantitative estimate of drug-likeness (QED) is 0.687. The molecule has 2 aromatic heterocycles. The third kappa shape index (κ3) is 3.28. The van der Waals surface area contributed by atoms with E-state index in [-0.39, 0.29) is 0 Å². The number of morpholine rings is 1. The van der Waals surface area contributed by atoms with Gasteiger partial charge in [-0.05, 0) is 30.7 Å². The zero-order chi connectivity index (χ0) is 19.6. The maximum atomic E-state index is 9.12. The normalized spacial score (nSPS) is 15.8. The smallest absolute Gasteiger partial charge is 0.228 e. The summed E-state index contributed by atoms with van der Waals surface area (Å²) in [5.41, 5.74) is 4.75. The van der Waals surface area contributed by atoms with Crippen molar-refractivity contribution in [2.24, 2.45) is 0 Å². The molecule has 144 valence electrons. The number of nitriles is 1. The molecule has 1 aromatic carbocycles. The fourth-order valence-corrected chi connectivity index (χ4v) is 3.85. The van der Waals surface area contributed by atoms with Gasteiger partial charge in [-0.2, -0.15) is 10.2 Å². The number of aromatic nitrogens is 3. The van der Waals surface area contributed by atoms with Gasteiger partial charge in [0.2, 0.25) is 5.95 Å². The van der Waals surface area contributed by atoms with E-state index >= 15 is 0 Å². The third-order valence-corrected chi connectivity index (χ3v) is 5.35. The van der Waals surface area contributed by atoms with E-state index < -0.39 is 0 Å². The van der Waals surface area contributed by atoms with Crippen molar-refractivity contribution in [3.63, 3.8) is 0 Å². The Bertz CT molecular complexity index is 1060. The standard InChI is InChI=1S/C22H20N6O/c23-14-16-3-5-17(6-4-16)20-19-7-9-28(18-2-1-8-24-15-18)21(19)26-22(25-20)27-10-12-29-13-11-27/h1-6,8,15H,7,9-13H2. The molecule has 0 spiro atoms. The SMILES string of the molecule is N#Cc1ccc(-c2nc(N3CCOCC3)nc3c2CCN3c2cccnc2)cc1. The van der Waals surface area contributed by atoms with E-state index in [0.717, 1.165) is 60.3 Å². The lowest BCUT2D eigenvalue weighted by Crippen LogP contribution is -2.37. The van der Waals surface area contributed by atoms with Gasteiger partial charge in [-0.15, -0.1) is 0 Å². The van der Waals surface area contributed by atoms with Crippen molar-refractivity contribution in [2.45, 2.75) is 6.42 Å². The number of rotatable bonds is 3. The molecule has 0 aliphatic carbocycles. The highest BCUT2D eigenvalue weighted by atomic mass is 16.5. The van der Waals surface area contributed by atoms with Crippen LogP contribution < -0.4 is 9.80 Å². The maximum absolute atomic E-state index is 9.12. The van der Waals surface area contributed by atoms with Crippen LogP contribution in [0.5, 0.6) is 0 Å². The van der Waals surface area contributed by atoms with E-state index in [2.05, 4.69) is 26.9 Å². The fourth-order valence-electron chi connectivity index (χ4n) is 3.85. The molecule has 0 bridgehead atoms. The molecule has 0 radical (unpaired) electrons. The van der Waals surface area contributed by atoms with Crippen LogP contribution in [0.4, 0.5) is 17.5 Å². The molecule has 0 saturated carbocycles. The number of hydrogen-bond donors (Lipinski definition) is 0. The van der Waals surface area contributed by atoms with Gasteiger partial charge < -0.3 is 14.5 Å². The van der Waals surface area contributed by atoms with E-state index in [4.69, 9.17) is 20.0 Å². The number of hydrogen-bond acceptors (Lipinski definition) is 7. The van der Waals surface area contributed by atoms with Gasteiger partial charge in [0.15, 0.2) is 0 Å². The average molecular weight is 384 g/mol. The lowest BCUT2D eigenvalue weighted by atomic mass is 10.0. The van der Waals surface area contributed by atoms with Crippen LogP contribution in [-0.4, -0.2) is 47.8 Å². The minimum absolute atomic E-state index is 0.643. The summed E-state index contributed by atoms with van der Waals surface area (Å²) in [6, 6.07) is 13.8. The predicted octanol–water partition coefficient (Wildman–Crippen LogP) is 2.94. The zero-order valence-electron chi connectivity index (χ0n) is 16.0. The maximum Gasteiger partial charge on any atom is 0.228 e. The van der Waals surface area contributed by atoms with Crippen molar-refractivity contribution in [3.05, 3.63) is 59.9 Å². The van der Waals surface area contributed by atoms with E-state index in [1.165, 1.54) is 0 Å². The van der Waals surface area contributed by atoms with Gasteiger partial charge in [-0.25, -0.2) is 4.98 Å². The Balaban J connectivity index is 1.64. The number of nitrogens with zero attached hydrogens (tertiary/aromatic N) is 6. The van der Waals surface area contributed by atoms with Crippen molar-refractivity contribution in [1.29, 1.82) is 5.26 Å². The summed E-state index contributed by atoms with van der Waals surface area (Å²) in [5.74, 6) is 1.66. The van der Waals surface area contributed by atoms with Gasteiger partial charge in [0.1, 0.15) is 5.82 Å². The van der Waals surface area contributed by atoms with Gasteiger partial charge >= 0.3 is 0 Å². The van der Waals surface area contributed by atoms with Crippen LogP contribution >= 0.6 is 0 Å². The van der Waals surface area contributed by atoms with E-state index in [0.29, 0.717) is 18.8 Å². The Labute approximate surface area is 169 Å². The van der Waals surface area contributed by atoms with Gasteiger partial charge in [0.25, 0.3) is 0 Å². The van der Waals surface area contributed by atoms with Gasteiger partial charge in [-0.1, -0.05) is 12.1 Å². The highest BCUT2D eigenvalue weighted by molar-refractivity contribution is 5.77. The molecular formula is C22H20N6O. The molecule has 1 saturated heterocycles. The highest BCUT2D eigenvalue weighted by Crippen LogP contribution is 2.39. The second-order valence-electron chi connectivity index (χ2n) is 7.08. The number of benzene rings is 1. The van der Waals surface area contributed by atoms with E-state index in [1.54, 1.807) is 6.20 Å². The number of anilines is 3. The van der Waals surface area contributed by atoms with Crippen LogP contribution in [0.25, 0.3) is 11.3 Å². The molecule has 0 atom stereocenters. The molecular weight excluding hydrogens is 364 g/mol. The van der Waals surface area contributed by atoms with Gasteiger partial charge in [0, 0.05) is 37.0 Å². The van der Waals surface area contributed by atoms with E-state index in [9.17, 15) is 0 Å². The largest absolute Gasteiger partial charge is 0.378 e. The first-order chi connectivity index (χ1) is 14.3. The van der Waals surface area contributed by atoms with Crippen LogP contribution in [0.15, 0.2) is 48.8 Å². The van der Waals surface area contributed by atoms with Crippen LogP contribution in [0.3, 0.4) is 0 Å². The number of pyridine rings is 1. The number of ether oxygens (including phenoxy) is 1. The molecule has 5 rings (SSSR count). The minimum atomic E-state index is 0.643. The van der Waals surface area contributed by atoms with Crippen molar-refractivity contribution < 1.29 is 4.74 Å². The summed E-state index contributed by atoms with van der Waals surface area (Å²) in [4.78, 5) is 18.6. The average Bonchev–Trinajstić information content (AvgIpc) is 3.24. The summed E-state index contributed by atoms with van der Waals surface area (Å²) in [6.07, 6.45) is 4.51. The first kappa shape index (κ1) is 17.6. The summed E-state index contributed by atoms with van der Waals surface area (Å²) in [5, 5.41) is 9.12. The molecule has 7 nitrogen and oxygen atoms in total. The molecule has 7 heteroatoms. The molecule has 3 aromatic rings. The molecule has 0 amide bonds. The Morgan fingerprint density at radius 1 is 1.00 bits per heavy atom. The lowest BCUT2D eigenvalue weighted by molar-refractivity contribution is 0.122. The molecule has 1 fully saturated rings. The first-order valence-corrected chi connectivity index (χ1v) is 9.75. The summed E-state index contributed by atoms with van der Waals surface area (Å²) in [6.45, 7) is 3.75. The Hall–Kier alpha value is -3.50. The number of fused-ring (bicyclic) bond motifs is 1. The Morgan fingerprint density at radius 2 is 1.83 bits per heavy atom. The molecule has 2 aliphatic rings.